The zero-order valence-corrected chi connectivity index (χ0v) is 3.20. The van der Waals surface area contributed by atoms with Gasteiger partial charge >= 0.3 is 0 Å². The van der Waals surface area contributed by atoms with Crippen LogP contribution >= 0.6 is 0 Å². The monoisotopic (exact) mass is 128 g/mol. The van der Waals surface area contributed by atoms with E-state index < -0.39 is 10.2 Å². The molecule has 0 fully saturated rings. The minimum absolute atomic E-state index is 0. The van der Waals surface area contributed by atoms with Gasteiger partial charge in [-0.15, -0.1) is 0 Å². The maximum atomic E-state index is 9.19. The van der Waals surface area contributed by atoms with Crippen LogP contribution in [0.15, 0.2) is 0 Å². The molecule has 6 heavy (non-hydrogen) atoms. The number of nitrogens with two attached hydrogens (primary N) is 2. The lowest BCUT2D eigenvalue weighted by Crippen LogP contribution is -2.21. The summed E-state index contributed by atoms with van der Waals surface area (Å²) in [6.07, 6.45) is 0. The van der Waals surface area contributed by atoms with Crippen LogP contribution in [0, 0.1) is 0 Å². The van der Waals surface area contributed by atoms with Crippen molar-refractivity contribution in [1.29, 1.82) is 0 Å². The van der Waals surface area contributed by atoms with Gasteiger partial charge < -0.3 is 0 Å². The van der Waals surface area contributed by atoms with E-state index in [9.17, 15) is 8.42 Å². The lowest BCUT2D eigenvalue weighted by molar-refractivity contribution is 0.599. The van der Waals surface area contributed by atoms with Crippen LogP contribution in [0.2, 0.25) is 0 Å². The normalized spacial score (nSPS) is 9.67. The zero-order valence-electron chi connectivity index (χ0n) is 2.38. The highest BCUT2D eigenvalue weighted by Gasteiger charge is 1.78. The van der Waals surface area contributed by atoms with E-state index in [2.05, 4.69) is 10.3 Å². The Kier molecular flexibility index (Phi) is 3.60. The van der Waals surface area contributed by atoms with Gasteiger partial charge in [-0.3, -0.25) is 0 Å². The third kappa shape index (κ3) is 5160. The molecule has 0 saturated heterocycles. The molecule has 0 atom stereocenters. The van der Waals surface area contributed by atoms with Gasteiger partial charge in [0.05, 0.1) is 0 Å². The second-order valence-electron chi connectivity index (χ2n) is 0.589. The molecule has 6 heteroatoms. The van der Waals surface area contributed by atoms with Crippen molar-refractivity contribution in [3.8, 4) is 0 Å². The molecule has 0 unspecified atom stereocenters. The van der Waals surface area contributed by atoms with Crippen molar-refractivity contribution in [2.24, 2.45) is 10.3 Å². The van der Waals surface area contributed by atoms with Crippen molar-refractivity contribution in [3.05, 3.63) is 0 Å². The molecule has 0 aliphatic carbocycles. The van der Waals surface area contributed by atoms with Crippen molar-refractivity contribution in [2.45, 2.75) is 0 Å². The van der Waals surface area contributed by atoms with Crippen LogP contribution < -0.4 is 10.3 Å². The Balaban J connectivity index is 0. The summed E-state index contributed by atoms with van der Waals surface area (Å²) in [4.78, 5) is 0. The summed E-state index contributed by atoms with van der Waals surface area (Å²) in [5.41, 5.74) is 0. The fourth-order valence-corrected chi connectivity index (χ4v) is 0. The van der Waals surface area contributed by atoms with Gasteiger partial charge in [-0.1, -0.05) is 0 Å². The third-order valence-electron chi connectivity index (χ3n) is 0. The fourth-order valence-electron chi connectivity index (χ4n) is 0. The Morgan fingerprint density at radius 1 is 1.17 bits per heavy atom. The third-order valence-corrected chi connectivity index (χ3v) is 0. The lowest BCUT2D eigenvalue weighted by atomic mass is 13.9. The van der Waals surface area contributed by atoms with E-state index in [1.54, 1.807) is 0 Å². The molecule has 0 aromatic rings. The minimum Gasteiger partial charge on any atom is -0.216 e. The predicted molar refractivity (Wildman–Crippen MR) is 28.6 cm³/mol. The molecular formula is H8N2O2SSi. The fraction of sp³-hybridized carbons (Fsp3) is 0. The largest absolute Gasteiger partial charge is 0.271 e. The van der Waals surface area contributed by atoms with Gasteiger partial charge in [0, 0.05) is 0 Å². The van der Waals surface area contributed by atoms with E-state index in [0.29, 0.717) is 0 Å². The molecule has 0 rings (SSSR count). The second-order valence-corrected chi connectivity index (χ2v) is 1.77. The molecule has 0 aliphatic heterocycles. The predicted octanol–water partition coefficient (Wildman–Crippen LogP) is -3.30. The highest BCUT2D eigenvalue weighted by molar-refractivity contribution is 7.86. The average molecular weight is 128 g/mol. The topological polar surface area (TPSA) is 86.2 Å². The molecule has 0 amide bonds. The van der Waals surface area contributed by atoms with Crippen molar-refractivity contribution in [1.82, 2.24) is 0 Å². The highest BCUT2D eigenvalue weighted by atomic mass is 32.2. The van der Waals surface area contributed by atoms with Crippen LogP contribution in [0.4, 0.5) is 0 Å². The van der Waals surface area contributed by atoms with E-state index in [1.807, 2.05) is 0 Å². The van der Waals surface area contributed by atoms with Gasteiger partial charge in [0.25, 0.3) is 10.2 Å². The summed E-state index contributed by atoms with van der Waals surface area (Å²) in [5.74, 6) is 0. The van der Waals surface area contributed by atoms with Gasteiger partial charge in [-0.05, 0) is 11.0 Å². The molecular weight excluding hydrogens is 120 g/mol. The first kappa shape index (κ1) is 9.43. The average Bonchev–Trinajstić information content (AvgIpc) is 0.722. The van der Waals surface area contributed by atoms with Crippen LogP contribution in [-0.4, -0.2) is 19.4 Å². The molecule has 0 heterocycles. The lowest BCUT2D eigenvalue weighted by Gasteiger charge is -1.72. The standard InChI is InChI=1S/H4N2O2S.H4Si/c1-5(2,3)4;/h(H4,1,2,3,4);1H4. The van der Waals surface area contributed by atoms with Crippen molar-refractivity contribution in [3.63, 3.8) is 0 Å². The SMILES string of the molecule is NS(N)(=O)=O.[SiH4]. The number of rotatable bonds is 0. The Morgan fingerprint density at radius 2 is 1.17 bits per heavy atom. The Labute approximate surface area is 40.7 Å². The minimum atomic E-state index is -3.67. The van der Waals surface area contributed by atoms with E-state index in [0.717, 1.165) is 0 Å². The van der Waals surface area contributed by atoms with Gasteiger partial charge in [-0.25, -0.2) is 10.3 Å². The van der Waals surface area contributed by atoms with Crippen LogP contribution in [0.5, 0.6) is 0 Å². The van der Waals surface area contributed by atoms with E-state index >= 15 is 0 Å². The first-order valence-electron chi connectivity index (χ1n) is 0.805. The van der Waals surface area contributed by atoms with Crippen LogP contribution in [0.25, 0.3) is 0 Å². The molecule has 40 valence electrons. The van der Waals surface area contributed by atoms with Crippen molar-refractivity contribution < 1.29 is 8.42 Å². The number of hydrogen-bond donors (Lipinski definition) is 2. The van der Waals surface area contributed by atoms with Gasteiger partial charge in [0.1, 0.15) is 0 Å². The van der Waals surface area contributed by atoms with E-state index in [4.69, 9.17) is 0 Å². The number of hydrogen-bond acceptors (Lipinski definition) is 2. The van der Waals surface area contributed by atoms with Crippen LogP contribution in [-0.2, 0) is 10.2 Å². The van der Waals surface area contributed by atoms with Gasteiger partial charge in [0.2, 0.25) is 0 Å². The summed E-state index contributed by atoms with van der Waals surface area (Å²) < 4.78 is 18.4. The molecule has 0 bridgehead atoms. The Hall–Kier alpha value is 0.0869. The van der Waals surface area contributed by atoms with E-state index in [-0.39, 0.29) is 11.0 Å². The summed E-state index contributed by atoms with van der Waals surface area (Å²) in [5, 5.41) is 8.21. The molecule has 0 aromatic carbocycles. The molecule has 0 aliphatic rings. The first-order chi connectivity index (χ1) is 2.00. The van der Waals surface area contributed by atoms with Crippen LogP contribution in [0.1, 0.15) is 0 Å². The van der Waals surface area contributed by atoms with Gasteiger partial charge in [-0.2, -0.15) is 8.42 Å². The quantitative estimate of drug-likeness (QED) is 0.335. The van der Waals surface area contributed by atoms with Crippen molar-refractivity contribution in [2.75, 3.05) is 0 Å². The molecule has 4 nitrogen and oxygen atoms in total. The van der Waals surface area contributed by atoms with Gasteiger partial charge in [0.15, 0.2) is 0 Å². The summed E-state index contributed by atoms with van der Waals surface area (Å²) in [6.45, 7) is 0. The summed E-state index contributed by atoms with van der Waals surface area (Å²) in [7, 11) is -3.67. The smallest absolute Gasteiger partial charge is 0.216 e. The Bertz CT molecular complexity index is 94.7. The summed E-state index contributed by atoms with van der Waals surface area (Å²) >= 11 is 0. The first-order valence-corrected chi connectivity index (χ1v) is 2.41. The molecule has 0 aromatic heterocycles. The van der Waals surface area contributed by atoms with Crippen molar-refractivity contribution >= 4 is 21.2 Å². The second kappa shape index (κ2) is 2.29. The summed E-state index contributed by atoms with van der Waals surface area (Å²) in [6, 6.07) is 0. The zero-order chi connectivity index (χ0) is 4.50. The molecule has 4 N–H and O–H groups in total. The van der Waals surface area contributed by atoms with Crippen LogP contribution in [0.3, 0.4) is 0 Å². The van der Waals surface area contributed by atoms with E-state index in [1.165, 1.54) is 0 Å². The maximum Gasteiger partial charge on any atom is 0.271 e. The maximum absolute atomic E-state index is 9.19. The Morgan fingerprint density at radius 3 is 1.17 bits per heavy atom. The molecule has 0 radical (unpaired) electrons. The highest BCUT2D eigenvalue weighted by Crippen LogP contribution is 1.40. The molecule has 0 saturated carbocycles. The molecule has 0 spiro atoms.